The Morgan fingerprint density at radius 3 is 2.67 bits per heavy atom. The monoisotopic (exact) mass is 356 g/mol. The number of carbonyl (C=O) groups is 1. The zero-order valence-corrected chi connectivity index (χ0v) is 14.2. The number of nitrogens with zero attached hydrogens (tertiary/aromatic N) is 2. The van der Waals surface area contributed by atoms with Crippen LogP contribution in [0.15, 0.2) is 18.2 Å². The van der Waals surface area contributed by atoms with Gasteiger partial charge in [-0.25, -0.2) is 4.39 Å². The minimum Gasteiger partial charge on any atom is -0.396 e. The predicted molar refractivity (Wildman–Crippen MR) is 88.6 cm³/mol. The van der Waals surface area contributed by atoms with Crippen LogP contribution in [0.5, 0.6) is 0 Å². The van der Waals surface area contributed by atoms with Gasteiger partial charge in [-0.1, -0.05) is 17.7 Å². The Labute approximate surface area is 145 Å². The number of amides is 1. The zero-order valence-electron chi connectivity index (χ0n) is 13.5. The summed E-state index contributed by atoms with van der Waals surface area (Å²) in [6, 6.07) is 4.24. The predicted octanol–water partition coefficient (Wildman–Crippen LogP) is 1.49. The summed E-state index contributed by atoms with van der Waals surface area (Å²) in [5.74, 6) is -0.837. The fourth-order valence-electron chi connectivity index (χ4n) is 3.49. The summed E-state index contributed by atoms with van der Waals surface area (Å²) in [5, 5.41) is 9.79. The molecule has 2 aliphatic heterocycles. The van der Waals surface area contributed by atoms with E-state index >= 15 is 0 Å². The van der Waals surface area contributed by atoms with E-state index in [9.17, 15) is 14.3 Å². The Morgan fingerprint density at radius 1 is 1.29 bits per heavy atom. The lowest BCUT2D eigenvalue weighted by molar-refractivity contribution is 0.0264. The van der Waals surface area contributed by atoms with Crippen molar-refractivity contribution in [1.82, 2.24) is 9.80 Å². The van der Waals surface area contributed by atoms with Gasteiger partial charge in [0.05, 0.1) is 23.8 Å². The van der Waals surface area contributed by atoms with E-state index in [1.807, 2.05) is 0 Å². The second-order valence-electron chi connectivity index (χ2n) is 6.42. The Kier molecular flexibility index (Phi) is 5.71. The molecule has 132 valence electrons. The molecule has 0 radical (unpaired) electrons. The van der Waals surface area contributed by atoms with Crippen LogP contribution < -0.4 is 0 Å². The van der Waals surface area contributed by atoms with Crippen LogP contribution in [-0.4, -0.2) is 73.4 Å². The first-order valence-electron chi connectivity index (χ1n) is 8.24. The molecule has 2 aliphatic rings. The van der Waals surface area contributed by atoms with Gasteiger partial charge in [-0.15, -0.1) is 0 Å². The summed E-state index contributed by atoms with van der Waals surface area (Å²) in [4.78, 5) is 16.6. The smallest absolute Gasteiger partial charge is 0.258 e. The Bertz CT molecular complexity index is 575. The molecule has 2 heterocycles. The summed E-state index contributed by atoms with van der Waals surface area (Å²) in [6.07, 6.45) is 0. The maximum atomic E-state index is 14.0. The lowest BCUT2D eigenvalue weighted by Gasteiger charge is -2.30. The highest BCUT2D eigenvalue weighted by Crippen LogP contribution is 2.28. The van der Waals surface area contributed by atoms with Gasteiger partial charge in [-0.05, 0) is 18.1 Å². The number of benzene rings is 1. The number of hydrogen-bond acceptors (Lipinski definition) is 4. The van der Waals surface area contributed by atoms with Gasteiger partial charge in [0.2, 0.25) is 0 Å². The molecular formula is C17H22ClFN2O3. The molecule has 1 aromatic rings. The van der Waals surface area contributed by atoms with Crippen molar-refractivity contribution in [3.63, 3.8) is 0 Å². The molecule has 7 heteroatoms. The van der Waals surface area contributed by atoms with Crippen molar-refractivity contribution < 1.29 is 19.0 Å². The second-order valence-corrected chi connectivity index (χ2v) is 6.83. The van der Waals surface area contributed by atoms with E-state index in [2.05, 4.69) is 4.90 Å². The van der Waals surface area contributed by atoms with Gasteiger partial charge >= 0.3 is 0 Å². The lowest BCUT2D eigenvalue weighted by atomic mass is 9.96. The van der Waals surface area contributed by atoms with E-state index in [4.69, 9.17) is 16.3 Å². The maximum absolute atomic E-state index is 14.0. The molecular weight excluding hydrogens is 335 g/mol. The van der Waals surface area contributed by atoms with E-state index in [1.54, 1.807) is 4.90 Å². The van der Waals surface area contributed by atoms with Crippen LogP contribution >= 0.6 is 11.6 Å². The van der Waals surface area contributed by atoms with E-state index in [0.29, 0.717) is 26.3 Å². The molecule has 0 unspecified atom stereocenters. The number of aliphatic hydroxyl groups excluding tert-OH is 1. The number of carbonyl (C=O) groups excluding carboxylic acids is 1. The van der Waals surface area contributed by atoms with Crippen molar-refractivity contribution in [2.24, 2.45) is 11.8 Å². The fraction of sp³-hybridized carbons (Fsp3) is 0.588. The molecule has 1 aromatic carbocycles. The minimum atomic E-state index is -0.607. The summed E-state index contributed by atoms with van der Waals surface area (Å²) in [6.45, 7) is 4.91. The molecule has 0 aromatic heterocycles. The van der Waals surface area contributed by atoms with Crippen molar-refractivity contribution in [2.75, 3.05) is 52.5 Å². The van der Waals surface area contributed by atoms with Gasteiger partial charge in [0.25, 0.3) is 5.91 Å². The maximum Gasteiger partial charge on any atom is 0.258 e. The van der Waals surface area contributed by atoms with Crippen LogP contribution in [0.2, 0.25) is 5.02 Å². The number of likely N-dealkylation sites (tertiary alicyclic amines) is 1. The summed E-state index contributed by atoms with van der Waals surface area (Å²) < 4.78 is 19.3. The van der Waals surface area contributed by atoms with Crippen LogP contribution in [0.25, 0.3) is 0 Å². The number of hydrogen-bond donors (Lipinski definition) is 1. The van der Waals surface area contributed by atoms with E-state index in [-0.39, 0.29) is 29.0 Å². The third kappa shape index (κ3) is 3.72. The van der Waals surface area contributed by atoms with Crippen LogP contribution in [0, 0.1) is 17.7 Å². The van der Waals surface area contributed by atoms with E-state index in [0.717, 1.165) is 19.6 Å². The molecule has 2 fully saturated rings. The van der Waals surface area contributed by atoms with Crippen molar-refractivity contribution in [2.45, 2.75) is 0 Å². The van der Waals surface area contributed by atoms with Crippen molar-refractivity contribution in [3.05, 3.63) is 34.6 Å². The first kappa shape index (κ1) is 17.6. The molecule has 5 nitrogen and oxygen atoms in total. The van der Waals surface area contributed by atoms with Crippen LogP contribution in [-0.2, 0) is 4.74 Å². The molecule has 1 amide bonds. The van der Waals surface area contributed by atoms with Gasteiger partial charge in [0.15, 0.2) is 0 Å². The van der Waals surface area contributed by atoms with Crippen LogP contribution in [0.4, 0.5) is 4.39 Å². The molecule has 2 atom stereocenters. The highest BCUT2D eigenvalue weighted by atomic mass is 35.5. The van der Waals surface area contributed by atoms with Crippen LogP contribution in [0.1, 0.15) is 10.4 Å². The van der Waals surface area contributed by atoms with Crippen molar-refractivity contribution in [1.29, 1.82) is 0 Å². The van der Waals surface area contributed by atoms with Gasteiger partial charge in [0.1, 0.15) is 5.82 Å². The molecule has 0 saturated carbocycles. The average Bonchev–Trinajstić information content (AvgIpc) is 2.98. The lowest BCUT2D eigenvalue weighted by Crippen LogP contribution is -2.41. The average molecular weight is 357 g/mol. The van der Waals surface area contributed by atoms with Gasteiger partial charge in [0, 0.05) is 45.2 Å². The molecule has 24 heavy (non-hydrogen) atoms. The third-order valence-corrected chi connectivity index (χ3v) is 5.19. The Morgan fingerprint density at radius 2 is 2.00 bits per heavy atom. The standard InChI is InChI=1S/C17H22ClFN2O3/c18-14-2-1-3-15(19)16(14)17(23)21-9-12(13(10-21)11-22)8-20-4-6-24-7-5-20/h1-3,12-13,22H,4-11H2/t12-,13-/m0/s1. The van der Waals surface area contributed by atoms with E-state index < -0.39 is 11.7 Å². The normalized spacial score (nSPS) is 25.2. The molecule has 0 aliphatic carbocycles. The Hall–Kier alpha value is -1.21. The SMILES string of the molecule is O=C(c1c(F)cccc1Cl)N1C[C@@H](CO)[C@@H](CN2CCOCC2)C1. The molecule has 0 spiro atoms. The topological polar surface area (TPSA) is 53.0 Å². The first-order valence-corrected chi connectivity index (χ1v) is 8.62. The van der Waals surface area contributed by atoms with Gasteiger partial charge in [-0.2, -0.15) is 0 Å². The molecule has 1 N–H and O–H groups in total. The first-order chi connectivity index (χ1) is 11.6. The zero-order chi connectivity index (χ0) is 17.1. The van der Waals surface area contributed by atoms with Gasteiger partial charge in [-0.3, -0.25) is 9.69 Å². The summed E-state index contributed by atoms with van der Waals surface area (Å²) in [7, 11) is 0. The van der Waals surface area contributed by atoms with Crippen LogP contribution in [0.3, 0.4) is 0 Å². The number of aliphatic hydroxyl groups is 1. The highest BCUT2D eigenvalue weighted by Gasteiger charge is 2.37. The number of halogens is 2. The van der Waals surface area contributed by atoms with E-state index in [1.165, 1.54) is 18.2 Å². The largest absolute Gasteiger partial charge is 0.396 e. The number of rotatable bonds is 4. The fourth-order valence-corrected chi connectivity index (χ4v) is 3.74. The van der Waals surface area contributed by atoms with Crippen molar-refractivity contribution >= 4 is 17.5 Å². The van der Waals surface area contributed by atoms with Crippen molar-refractivity contribution in [3.8, 4) is 0 Å². The molecule has 3 rings (SSSR count). The Balaban J connectivity index is 1.70. The summed E-state index contributed by atoms with van der Waals surface area (Å²) in [5.41, 5.74) is -0.0807. The summed E-state index contributed by atoms with van der Waals surface area (Å²) >= 11 is 6.01. The van der Waals surface area contributed by atoms with Gasteiger partial charge < -0.3 is 14.7 Å². The minimum absolute atomic E-state index is 0.00217. The second kappa shape index (κ2) is 7.78. The molecule has 0 bridgehead atoms. The quantitative estimate of drug-likeness (QED) is 0.888. The molecule has 2 saturated heterocycles. The highest BCUT2D eigenvalue weighted by molar-refractivity contribution is 6.33. The number of ether oxygens (including phenoxy) is 1. The number of morpholine rings is 1. The third-order valence-electron chi connectivity index (χ3n) is 4.87.